The predicted molar refractivity (Wildman–Crippen MR) is 128 cm³/mol. The summed E-state index contributed by atoms with van der Waals surface area (Å²) in [6.45, 7) is 11.2. The van der Waals surface area contributed by atoms with Crippen molar-refractivity contribution in [2.24, 2.45) is 5.10 Å². The van der Waals surface area contributed by atoms with Gasteiger partial charge in [0.05, 0.1) is 18.5 Å². The summed E-state index contributed by atoms with van der Waals surface area (Å²) >= 11 is 0. The number of anilines is 1. The van der Waals surface area contributed by atoms with Crippen molar-refractivity contribution in [3.63, 3.8) is 0 Å². The summed E-state index contributed by atoms with van der Waals surface area (Å²) < 4.78 is 28.5. The Balaban J connectivity index is 1.70. The largest absolute Gasteiger partial charge is 0.265 e. The molecular formula is C23H30N6O2S. The Morgan fingerprint density at radius 2 is 1.75 bits per heavy atom. The lowest BCUT2D eigenvalue weighted by Crippen LogP contribution is -2.30. The van der Waals surface area contributed by atoms with Gasteiger partial charge in [0.2, 0.25) is 10.0 Å². The number of hydrogen-bond acceptors (Lipinski definition) is 6. The molecule has 0 aliphatic rings. The fourth-order valence-corrected chi connectivity index (χ4v) is 4.80. The molecule has 8 nitrogen and oxygen atoms in total. The van der Waals surface area contributed by atoms with Gasteiger partial charge in [-0.3, -0.25) is 10.1 Å². The van der Waals surface area contributed by atoms with Crippen LogP contribution in [-0.4, -0.2) is 46.8 Å². The summed E-state index contributed by atoms with van der Waals surface area (Å²) in [4.78, 5) is 4.36. The molecule has 0 fully saturated rings. The Morgan fingerprint density at radius 3 is 2.34 bits per heavy atom. The number of nitrogens with one attached hydrogen (secondary N) is 1. The SMILES string of the molecule is CCN(CC)S(=O)(=O)c1ccc(NN=Cc2c(C)nn(Cc3ccc(C)cc3)c2C)nc1. The van der Waals surface area contributed by atoms with Crippen LogP contribution in [0, 0.1) is 20.8 Å². The van der Waals surface area contributed by atoms with Crippen LogP contribution in [0.4, 0.5) is 5.82 Å². The minimum atomic E-state index is -3.52. The van der Waals surface area contributed by atoms with E-state index in [1.54, 1.807) is 12.3 Å². The maximum Gasteiger partial charge on any atom is 0.244 e. The van der Waals surface area contributed by atoms with E-state index in [2.05, 4.69) is 51.8 Å². The van der Waals surface area contributed by atoms with E-state index in [1.807, 2.05) is 32.4 Å². The molecule has 0 unspecified atom stereocenters. The van der Waals surface area contributed by atoms with Crippen LogP contribution in [0.1, 0.15) is 41.9 Å². The maximum absolute atomic E-state index is 12.6. The number of pyridine rings is 1. The highest BCUT2D eigenvalue weighted by Crippen LogP contribution is 2.17. The first-order chi connectivity index (χ1) is 15.3. The van der Waals surface area contributed by atoms with E-state index < -0.39 is 10.0 Å². The number of benzene rings is 1. The molecule has 0 aliphatic heterocycles. The molecule has 0 spiro atoms. The van der Waals surface area contributed by atoms with Crippen LogP contribution in [0.3, 0.4) is 0 Å². The number of hydrogen-bond donors (Lipinski definition) is 1. The second kappa shape index (κ2) is 10.1. The highest BCUT2D eigenvalue weighted by Gasteiger charge is 2.21. The standard InChI is InChI=1S/C23H30N6O2S/c1-6-28(7-2)32(30,31)21-12-13-23(24-14-21)26-25-15-22-18(4)27-29(19(22)5)16-20-10-8-17(3)9-11-20/h8-15H,6-7,16H2,1-5H3,(H,24,26). The van der Waals surface area contributed by atoms with E-state index in [0.29, 0.717) is 25.5 Å². The summed E-state index contributed by atoms with van der Waals surface area (Å²) in [6, 6.07) is 11.5. The van der Waals surface area contributed by atoms with Crippen LogP contribution >= 0.6 is 0 Å². The maximum atomic E-state index is 12.6. The molecule has 2 aromatic heterocycles. The number of aryl methyl sites for hydroxylation is 2. The Kier molecular flexibility index (Phi) is 7.42. The molecule has 0 atom stereocenters. The van der Waals surface area contributed by atoms with Gasteiger partial charge < -0.3 is 0 Å². The smallest absolute Gasteiger partial charge is 0.244 e. The lowest BCUT2D eigenvalue weighted by atomic mass is 10.1. The zero-order valence-electron chi connectivity index (χ0n) is 19.2. The summed E-state index contributed by atoms with van der Waals surface area (Å²) in [5.74, 6) is 0.460. The molecule has 0 aliphatic carbocycles. The van der Waals surface area contributed by atoms with Gasteiger partial charge in [-0.1, -0.05) is 43.7 Å². The molecule has 3 aromatic rings. The van der Waals surface area contributed by atoms with Crippen LogP contribution in [0.2, 0.25) is 0 Å². The normalized spacial score (nSPS) is 12.1. The van der Waals surface area contributed by atoms with Crippen molar-refractivity contribution in [1.82, 2.24) is 19.1 Å². The average molecular weight is 455 g/mol. The van der Waals surface area contributed by atoms with Crippen LogP contribution in [-0.2, 0) is 16.6 Å². The molecule has 32 heavy (non-hydrogen) atoms. The van der Waals surface area contributed by atoms with E-state index in [4.69, 9.17) is 0 Å². The van der Waals surface area contributed by atoms with Gasteiger partial charge >= 0.3 is 0 Å². The van der Waals surface area contributed by atoms with Gasteiger partial charge in [-0.2, -0.15) is 14.5 Å². The van der Waals surface area contributed by atoms with Gasteiger partial charge in [0, 0.05) is 30.5 Å². The van der Waals surface area contributed by atoms with Crippen molar-refractivity contribution >= 4 is 22.1 Å². The number of aromatic nitrogens is 3. The molecule has 0 bridgehead atoms. The van der Waals surface area contributed by atoms with Crippen LogP contribution in [0.15, 0.2) is 52.6 Å². The molecule has 3 rings (SSSR count). The highest BCUT2D eigenvalue weighted by molar-refractivity contribution is 7.89. The zero-order valence-corrected chi connectivity index (χ0v) is 20.0. The molecule has 2 heterocycles. The second-order valence-corrected chi connectivity index (χ2v) is 9.50. The zero-order chi connectivity index (χ0) is 23.3. The van der Waals surface area contributed by atoms with E-state index in [9.17, 15) is 8.42 Å². The first kappa shape index (κ1) is 23.6. The summed E-state index contributed by atoms with van der Waals surface area (Å²) in [6.07, 6.45) is 3.06. The van der Waals surface area contributed by atoms with Gasteiger partial charge in [0.1, 0.15) is 10.7 Å². The first-order valence-corrected chi connectivity index (χ1v) is 12.0. The number of nitrogens with zero attached hydrogens (tertiary/aromatic N) is 5. The number of rotatable bonds is 9. The molecule has 170 valence electrons. The average Bonchev–Trinajstić information content (AvgIpc) is 3.03. The van der Waals surface area contributed by atoms with Crippen molar-refractivity contribution < 1.29 is 8.42 Å². The fraction of sp³-hybridized carbons (Fsp3) is 0.348. The van der Waals surface area contributed by atoms with E-state index in [-0.39, 0.29) is 4.90 Å². The van der Waals surface area contributed by atoms with Gasteiger partial charge in [0.15, 0.2) is 0 Å². The molecular weight excluding hydrogens is 424 g/mol. The van der Waals surface area contributed by atoms with Gasteiger partial charge in [-0.15, -0.1) is 0 Å². The third-order valence-corrected chi connectivity index (χ3v) is 7.38. The summed E-state index contributed by atoms with van der Waals surface area (Å²) in [5, 5.41) is 8.91. The Labute approximate surface area is 190 Å². The predicted octanol–water partition coefficient (Wildman–Crippen LogP) is 3.73. The minimum absolute atomic E-state index is 0.166. The van der Waals surface area contributed by atoms with Crippen LogP contribution in [0.25, 0.3) is 0 Å². The van der Waals surface area contributed by atoms with Crippen molar-refractivity contribution in [2.75, 3.05) is 18.5 Å². The van der Waals surface area contributed by atoms with Gasteiger partial charge in [0.25, 0.3) is 0 Å². The minimum Gasteiger partial charge on any atom is -0.265 e. The van der Waals surface area contributed by atoms with Gasteiger partial charge in [-0.05, 0) is 38.5 Å². The Hall–Kier alpha value is -3.04. The fourth-order valence-electron chi connectivity index (χ4n) is 3.39. The van der Waals surface area contributed by atoms with E-state index in [1.165, 1.54) is 27.7 Å². The molecule has 1 N–H and O–H groups in total. The third kappa shape index (κ3) is 5.23. The molecule has 0 radical (unpaired) electrons. The number of sulfonamides is 1. The Bertz CT molecular complexity index is 1180. The first-order valence-electron chi connectivity index (χ1n) is 10.6. The second-order valence-electron chi connectivity index (χ2n) is 7.57. The molecule has 1 aromatic carbocycles. The topological polar surface area (TPSA) is 92.5 Å². The van der Waals surface area contributed by atoms with E-state index in [0.717, 1.165) is 17.0 Å². The highest BCUT2D eigenvalue weighted by atomic mass is 32.2. The van der Waals surface area contributed by atoms with Crippen molar-refractivity contribution in [3.8, 4) is 0 Å². The van der Waals surface area contributed by atoms with Gasteiger partial charge in [-0.25, -0.2) is 13.4 Å². The molecule has 0 saturated carbocycles. The van der Waals surface area contributed by atoms with Crippen molar-refractivity contribution in [1.29, 1.82) is 0 Å². The molecule has 0 amide bonds. The summed E-state index contributed by atoms with van der Waals surface area (Å²) in [7, 11) is -3.52. The lowest BCUT2D eigenvalue weighted by molar-refractivity contribution is 0.445. The number of hydrazone groups is 1. The summed E-state index contributed by atoms with van der Waals surface area (Å²) in [5.41, 5.74) is 8.11. The third-order valence-electron chi connectivity index (χ3n) is 5.34. The monoisotopic (exact) mass is 454 g/mol. The molecule has 0 saturated heterocycles. The van der Waals surface area contributed by atoms with Crippen LogP contribution < -0.4 is 5.43 Å². The van der Waals surface area contributed by atoms with Crippen LogP contribution in [0.5, 0.6) is 0 Å². The van der Waals surface area contributed by atoms with E-state index >= 15 is 0 Å². The quantitative estimate of drug-likeness (QED) is 0.393. The molecule has 9 heteroatoms. The van der Waals surface area contributed by atoms with Crippen molar-refractivity contribution in [3.05, 3.63) is 70.7 Å². The van der Waals surface area contributed by atoms with Crippen molar-refractivity contribution in [2.45, 2.75) is 46.1 Å². The Morgan fingerprint density at radius 1 is 1.06 bits per heavy atom. The lowest BCUT2D eigenvalue weighted by Gasteiger charge is -2.18.